The van der Waals surface area contributed by atoms with Crippen LogP contribution in [-0.4, -0.2) is 39.8 Å². The number of aromatic nitrogens is 3. The number of hydrogen-bond acceptors (Lipinski definition) is 5. The van der Waals surface area contributed by atoms with Gasteiger partial charge in [-0.1, -0.05) is 18.6 Å². The van der Waals surface area contributed by atoms with Crippen LogP contribution in [-0.2, 0) is 19.4 Å². The third-order valence-electron chi connectivity index (χ3n) is 5.32. The molecule has 0 spiro atoms. The molecule has 0 radical (unpaired) electrons. The van der Waals surface area contributed by atoms with Gasteiger partial charge in [0.1, 0.15) is 0 Å². The Kier molecular flexibility index (Phi) is 4.90. The summed E-state index contributed by atoms with van der Waals surface area (Å²) in [5, 5.41) is 10.8. The van der Waals surface area contributed by atoms with Crippen LogP contribution in [0.2, 0.25) is 0 Å². The highest BCUT2D eigenvalue weighted by Gasteiger charge is 2.23. The number of carboxylic acids is 1. The van der Waals surface area contributed by atoms with Gasteiger partial charge in [-0.25, -0.2) is 4.79 Å². The molecule has 0 amide bonds. The second kappa shape index (κ2) is 7.50. The molecule has 7 nitrogen and oxygen atoms in total. The summed E-state index contributed by atoms with van der Waals surface area (Å²) in [6, 6.07) is 7.13. The average molecular weight is 381 g/mol. The molecule has 28 heavy (non-hydrogen) atoms. The molecule has 1 aromatic carbocycles. The molecule has 1 aliphatic carbocycles. The van der Waals surface area contributed by atoms with Crippen LogP contribution in [0, 0.1) is 0 Å². The van der Waals surface area contributed by atoms with E-state index in [1.807, 2.05) is 12.1 Å². The summed E-state index contributed by atoms with van der Waals surface area (Å²) in [5.74, 6) is 0.440. The van der Waals surface area contributed by atoms with E-state index in [4.69, 9.17) is 9.47 Å². The van der Waals surface area contributed by atoms with Gasteiger partial charge in [0.25, 0.3) is 0 Å². The first-order valence-electron chi connectivity index (χ1n) is 9.44. The smallest absolute Gasteiger partial charge is 0.337 e. The second-order valence-corrected chi connectivity index (χ2v) is 6.95. The highest BCUT2D eigenvalue weighted by Crippen LogP contribution is 2.34. The number of nitrogens with zero attached hydrogens (tertiary/aromatic N) is 3. The number of fused-ring (bicyclic) bond motifs is 3. The van der Waals surface area contributed by atoms with Crippen LogP contribution in [0.4, 0.5) is 0 Å². The molecule has 1 aliphatic rings. The van der Waals surface area contributed by atoms with Gasteiger partial charge in [-0.2, -0.15) is 9.97 Å². The monoisotopic (exact) mass is 381 g/mol. The van der Waals surface area contributed by atoms with Gasteiger partial charge in [-0.05, 0) is 37.3 Å². The lowest BCUT2D eigenvalue weighted by Crippen LogP contribution is -2.11. The van der Waals surface area contributed by atoms with Crippen molar-refractivity contribution in [3.8, 4) is 11.8 Å². The molecular weight excluding hydrogens is 358 g/mol. The molecule has 0 fully saturated rings. The fourth-order valence-electron chi connectivity index (χ4n) is 4.08. The standard InChI is InChI=1S/C21H23N3O4/c1-27-18-11-19(28-2)23-17(22-18)12-24-16-10-5-3-4-7-13(16)14-8-6-9-15(20(14)24)21(25)26/h6,8-9,11H,3-5,7,10,12H2,1-2H3,(H,25,26). The fraction of sp³-hybridized carbons (Fsp3) is 0.381. The van der Waals surface area contributed by atoms with Crippen molar-refractivity contribution in [2.75, 3.05) is 14.2 Å². The number of aryl methyl sites for hydroxylation is 1. The normalized spacial score (nSPS) is 13.8. The predicted octanol–water partition coefficient (Wildman–Crippen LogP) is 3.46. The van der Waals surface area contributed by atoms with Crippen molar-refractivity contribution in [1.82, 2.24) is 14.5 Å². The molecule has 1 N–H and O–H groups in total. The molecule has 0 aliphatic heterocycles. The van der Waals surface area contributed by atoms with Crippen LogP contribution in [0.1, 0.15) is 46.7 Å². The van der Waals surface area contributed by atoms with Gasteiger partial charge >= 0.3 is 5.97 Å². The van der Waals surface area contributed by atoms with Crippen molar-refractivity contribution < 1.29 is 19.4 Å². The third kappa shape index (κ3) is 3.17. The number of benzene rings is 1. The Morgan fingerprint density at radius 1 is 1.11 bits per heavy atom. The number of ether oxygens (including phenoxy) is 2. The minimum Gasteiger partial charge on any atom is -0.481 e. The Bertz CT molecular complexity index is 1020. The number of carbonyl (C=O) groups is 1. The number of para-hydroxylation sites is 1. The van der Waals surface area contributed by atoms with Gasteiger partial charge in [-0.3, -0.25) is 0 Å². The molecule has 0 atom stereocenters. The first kappa shape index (κ1) is 18.3. The van der Waals surface area contributed by atoms with E-state index in [2.05, 4.69) is 14.5 Å². The molecule has 146 valence electrons. The number of rotatable bonds is 5. The Hall–Kier alpha value is -3.09. The second-order valence-electron chi connectivity index (χ2n) is 6.95. The van der Waals surface area contributed by atoms with Crippen LogP contribution >= 0.6 is 0 Å². The van der Waals surface area contributed by atoms with Crippen molar-refractivity contribution in [1.29, 1.82) is 0 Å². The van der Waals surface area contributed by atoms with Crippen LogP contribution in [0.25, 0.3) is 10.9 Å². The van der Waals surface area contributed by atoms with E-state index in [0.29, 0.717) is 29.7 Å². The van der Waals surface area contributed by atoms with E-state index in [9.17, 15) is 9.90 Å². The topological polar surface area (TPSA) is 86.5 Å². The number of hydrogen-bond donors (Lipinski definition) is 1. The Balaban J connectivity index is 1.93. The van der Waals surface area contributed by atoms with E-state index in [-0.39, 0.29) is 0 Å². The van der Waals surface area contributed by atoms with Crippen molar-refractivity contribution >= 4 is 16.9 Å². The average Bonchev–Trinajstić information content (AvgIpc) is 2.86. The molecule has 0 unspecified atom stereocenters. The zero-order valence-electron chi connectivity index (χ0n) is 16.1. The van der Waals surface area contributed by atoms with Gasteiger partial charge < -0.3 is 19.1 Å². The van der Waals surface area contributed by atoms with E-state index in [1.54, 1.807) is 26.4 Å². The van der Waals surface area contributed by atoms with Crippen molar-refractivity contribution in [3.63, 3.8) is 0 Å². The number of methoxy groups -OCH3 is 2. The summed E-state index contributed by atoms with van der Waals surface area (Å²) in [4.78, 5) is 20.8. The summed E-state index contributed by atoms with van der Waals surface area (Å²) < 4.78 is 12.6. The molecule has 0 saturated carbocycles. The molecular formula is C21H23N3O4. The van der Waals surface area contributed by atoms with Crippen LogP contribution in [0.5, 0.6) is 11.8 Å². The summed E-state index contributed by atoms with van der Waals surface area (Å²) in [6.07, 6.45) is 5.27. The van der Waals surface area contributed by atoms with E-state index in [1.165, 1.54) is 17.7 Å². The molecule has 0 saturated heterocycles. The molecule has 2 aromatic heterocycles. The molecule has 2 heterocycles. The van der Waals surface area contributed by atoms with E-state index >= 15 is 0 Å². The summed E-state index contributed by atoms with van der Waals surface area (Å²) >= 11 is 0. The fourth-order valence-corrected chi connectivity index (χ4v) is 4.08. The predicted molar refractivity (Wildman–Crippen MR) is 104 cm³/mol. The van der Waals surface area contributed by atoms with Crippen molar-refractivity contribution in [2.24, 2.45) is 0 Å². The lowest BCUT2D eigenvalue weighted by atomic mass is 10.0. The highest BCUT2D eigenvalue weighted by molar-refractivity contribution is 6.04. The Morgan fingerprint density at radius 2 is 1.82 bits per heavy atom. The quantitative estimate of drug-likeness (QED) is 0.681. The van der Waals surface area contributed by atoms with Crippen LogP contribution in [0.3, 0.4) is 0 Å². The minimum absolute atomic E-state index is 0.306. The third-order valence-corrected chi connectivity index (χ3v) is 5.32. The van der Waals surface area contributed by atoms with Gasteiger partial charge in [-0.15, -0.1) is 0 Å². The minimum atomic E-state index is -0.927. The van der Waals surface area contributed by atoms with Crippen molar-refractivity contribution in [2.45, 2.75) is 38.6 Å². The van der Waals surface area contributed by atoms with Crippen molar-refractivity contribution in [3.05, 3.63) is 46.9 Å². The van der Waals surface area contributed by atoms with Crippen LogP contribution in [0.15, 0.2) is 24.3 Å². The maximum Gasteiger partial charge on any atom is 0.337 e. The SMILES string of the molecule is COc1cc(OC)nc(Cn2c3c(c4cccc(C(=O)O)c42)CCCCC3)n1. The Labute approximate surface area is 162 Å². The molecule has 0 bridgehead atoms. The van der Waals surface area contributed by atoms with E-state index < -0.39 is 5.97 Å². The zero-order valence-corrected chi connectivity index (χ0v) is 16.1. The highest BCUT2D eigenvalue weighted by atomic mass is 16.5. The lowest BCUT2D eigenvalue weighted by molar-refractivity contribution is 0.0698. The van der Waals surface area contributed by atoms with Gasteiger partial charge in [0.05, 0.1) is 37.9 Å². The molecule has 4 rings (SSSR count). The van der Waals surface area contributed by atoms with Gasteiger partial charge in [0.15, 0.2) is 5.82 Å². The van der Waals surface area contributed by atoms with E-state index in [0.717, 1.165) is 36.6 Å². The number of aromatic carboxylic acids is 1. The summed E-state index contributed by atoms with van der Waals surface area (Å²) in [7, 11) is 3.09. The maximum absolute atomic E-state index is 11.9. The summed E-state index contributed by atoms with van der Waals surface area (Å²) in [5.41, 5.74) is 3.49. The van der Waals surface area contributed by atoms with Gasteiger partial charge in [0, 0.05) is 11.1 Å². The first-order chi connectivity index (χ1) is 13.6. The molecule has 7 heteroatoms. The Morgan fingerprint density at radius 3 is 2.50 bits per heavy atom. The summed E-state index contributed by atoms with van der Waals surface area (Å²) in [6.45, 7) is 0.365. The molecule has 3 aromatic rings. The largest absolute Gasteiger partial charge is 0.481 e. The van der Waals surface area contributed by atoms with Crippen LogP contribution < -0.4 is 9.47 Å². The van der Waals surface area contributed by atoms with Gasteiger partial charge in [0.2, 0.25) is 11.8 Å². The lowest BCUT2D eigenvalue weighted by Gasteiger charge is -2.13. The zero-order chi connectivity index (χ0) is 19.7. The maximum atomic E-state index is 11.9. The number of carboxylic acid groups (broad SMARTS) is 1. The first-order valence-corrected chi connectivity index (χ1v) is 9.44.